The van der Waals surface area contributed by atoms with E-state index in [1.807, 2.05) is 72.5 Å². The minimum atomic E-state index is 0.0316. The topological polar surface area (TPSA) is 63.2 Å². The van der Waals surface area contributed by atoms with Crippen molar-refractivity contribution in [3.8, 4) is 11.3 Å². The molecule has 2 aromatic carbocycles. The van der Waals surface area contributed by atoms with E-state index >= 15 is 0 Å². The van der Waals surface area contributed by atoms with E-state index in [2.05, 4.69) is 11.9 Å². The zero-order valence-electron chi connectivity index (χ0n) is 20.1. The average Bonchev–Trinajstić information content (AvgIpc) is 3.29. The molecule has 3 heterocycles. The summed E-state index contributed by atoms with van der Waals surface area (Å²) in [5, 5.41) is 1.85. The number of para-hydroxylation sites is 1. The highest BCUT2D eigenvalue weighted by Gasteiger charge is 2.35. The van der Waals surface area contributed by atoms with E-state index in [4.69, 9.17) is 4.98 Å². The van der Waals surface area contributed by atoms with E-state index in [-0.39, 0.29) is 23.8 Å². The van der Waals surface area contributed by atoms with Crippen molar-refractivity contribution in [2.45, 2.75) is 58.0 Å². The lowest BCUT2D eigenvalue weighted by Crippen LogP contribution is -2.49. The molecule has 4 aromatic rings. The number of fused-ring (bicyclic) bond motifs is 1. The zero-order chi connectivity index (χ0) is 24.4. The maximum absolute atomic E-state index is 13.9. The van der Waals surface area contributed by atoms with Crippen molar-refractivity contribution >= 4 is 33.9 Å². The second-order valence-corrected chi connectivity index (χ2v) is 10.5. The summed E-state index contributed by atoms with van der Waals surface area (Å²) in [5.74, 6) is 0.115. The number of likely N-dealkylation sites (tertiary alicyclic amines) is 1. The van der Waals surface area contributed by atoms with Gasteiger partial charge in [-0.1, -0.05) is 48.5 Å². The summed E-state index contributed by atoms with van der Waals surface area (Å²) in [5.41, 5.74) is 3.12. The molecule has 2 unspecified atom stereocenters. The van der Waals surface area contributed by atoms with Crippen LogP contribution in [0.4, 0.5) is 0 Å². The molecule has 0 saturated carbocycles. The SMILES string of the molecule is Cc1nc(-c2ccccc2)c(C(=O)N2C(C)CCCC2CCC(=O)c2cccc3cccnc23)s1. The first-order chi connectivity index (χ1) is 17.0. The summed E-state index contributed by atoms with van der Waals surface area (Å²) in [6.07, 6.45) is 5.72. The number of Topliss-reactive ketones (excluding diaryl/α,β-unsaturated/α-hetero) is 1. The van der Waals surface area contributed by atoms with Crippen molar-refractivity contribution in [3.63, 3.8) is 0 Å². The summed E-state index contributed by atoms with van der Waals surface area (Å²) in [4.78, 5) is 39.0. The Morgan fingerprint density at radius 1 is 1.03 bits per heavy atom. The number of hydrogen-bond acceptors (Lipinski definition) is 5. The highest BCUT2D eigenvalue weighted by atomic mass is 32.1. The highest BCUT2D eigenvalue weighted by molar-refractivity contribution is 7.14. The molecule has 1 aliphatic heterocycles. The van der Waals surface area contributed by atoms with Crippen LogP contribution in [0.25, 0.3) is 22.2 Å². The van der Waals surface area contributed by atoms with Crippen molar-refractivity contribution in [2.75, 3.05) is 0 Å². The molecule has 35 heavy (non-hydrogen) atoms. The molecule has 2 atom stereocenters. The molecular formula is C29H29N3O2S. The molecule has 5 rings (SSSR count). The minimum Gasteiger partial charge on any atom is -0.332 e. The molecule has 5 nitrogen and oxygen atoms in total. The summed E-state index contributed by atoms with van der Waals surface area (Å²) in [7, 11) is 0. The van der Waals surface area contributed by atoms with Gasteiger partial charge in [0.15, 0.2) is 5.78 Å². The van der Waals surface area contributed by atoms with Crippen LogP contribution in [0.15, 0.2) is 66.9 Å². The predicted molar refractivity (Wildman–Crippen MR) is 141 cm³/mol. The van der Waals surface area contributed by atoms with Gasteiger partial charge in [-0.25, -0.2) is 4.98 Å². The summed E-state index contributed by atoms with van der Waals surface area (Å²) in [6.45, 7) is 4.07. The Bertz CT molecular complexity index is 1360. The van der Waals surface area contributed by atoms with Crippen molar-refractivity contribution in [2.24, 2.45) is 0 Å². The van der Waals surface area contributed by atoms with Gasteiger partial charge in [-0.3, -0.25) is 14.6 Å². The number of pyridine rings is 1. The zero-order valence-corrected chi connectivity index (χ0v) is 20.9. The van der Waals surface area contributed by atoms with Crippen molar-refractivity contribution in [1.82, 2.24) is 14.9 Å². The first kappa shape index (κ1) is 23.4. The highest BCUT2D eigenvalue weighted by Crippen LogP contribution is 2.34. The van der Waals surface area contributed by atoms with Crippen LogP contribution in [0.2, 0.25) is 0 Å². The van der Waals surface area contributed by atoms with E-state index in [1.165, 1.54) is 11.3 Å². The van der Waals surface area contributed by atoms with Gasteiger partial charge in [-0.2, -0.15) is 0 Å². The number of nitrogens with zero attached hydrogens (tertiary/aromatic N) is 3. The van der Waals surface area contributed by atoms with Crippen LogP contribution in [0.5, 0.6) is 0 Å². The van der Waals surface area contributed by atoms with Gasteiger partial charge < -0.3 is 4.90 Å². The fraction of sp³-hybridized carbons (Fsp3) is 0.310. The van der Waals surface area contributed by atoms with Crippen LogP contribution in [-0.4, -0.2) is 38.6 Å². The molecule has 0 aliphatic carbocycles. The van der Waals surface area contributed by atoms with Crippen LogP contribution >= 0.6 is 11.3 Å². The number of benzene rings is 2. The third kappa shape index (κ3) is 4.76. The minimum absolute atomic E-state index is 0.0316. The molecule has 1 amide bonds. The first-order valence-electron chi connectivity index (χ1n) is 12.3. The van der Waals surface area contributed by atoms with E-state index in [1.54, 1.807) is 6.20 Å². The van der Waals surface area contributed by atoms with Crippen LogP contribution in [-0.2, 0) is 0 Å². The molecule has 0 radical (unpaired) electrons. The number of aryl methyl sites for hydroxylation is 1. The quantitative estimate of drug-likeness (QED) is 0.286. The van der Waals surface area contributed by atoms with Gasteiger partial charge in [0, 0.05) is 41.2 Å². The lowest BCUT2D eigenvalue weighted by molar-refractivity contribution is 0.0461. The van der Waals surface area contributed by atoms with E-state index < -0.39 is 0 Å². The van der Waals surface area contributed by atoms with E-state index in [0.29, 0.717) is 23.3 Å². The number of ketones is 1. The maximum Gasteiger partial charge on any atom is 0.266 e. The van der Waals surface area contributed by atoms with E-state index in [9.17, 15) is 9.59 Å². The van der Waals surface area contributed by atoms with Gasteiger partial charge >= 0.3 is 0 Å². The van der Waals surface area contributed by atoms with Crippen molar-refractivity contribution in [1.29, 1.82) is 0 Å². The van der Waals surface area contributed by atoms with Gasteiger partial charge in [-0.05, 0) is 51.7 Å². The second kappa shape index (κ2) is 10.1. The van der Waals surface area contributed by atoms with Gasteiger partial charge in [-0.15, -0.1) is 11.3 Å². The van der Waals surface area contributed by atoms with Gasteiger partial charge in [0.2, 0.25) is 0 Å². The van der Waals surface area contributed by atoms with Crippen LogP contribution in [0.3, 0.4) is 0 Å². The Morgan fingerprint density at radius 3 is 2.66 bits per heavy atom. The van der Waals surface area contributed by atoms with Crippen LogP contribution in [0.1, 0.15) is 64.1 Å². The molecule has 0 N–H and O–H groups in total. The molecule has 6 heteroatoms. The molecule has 1 fully saturated rings. The average molecular weight is 484 g/mol. The van der Waals surface area contributed by atoms with Crippen LogP contribution in [0, 0.1) is 6.92 Å². The summed E-state index contributed by atoms with van der Waals surface area (Å²) in [6, 6.07) is 19.7. The number of piperidine rings is 1. The number of aromatic nitrogens is 2. The Morgan fingerprint density at radius 2 is 1.83 bits per heavy atom. The fourth-order valence-electron chi connectivity index (χ4n) is 5.18. The Balaban J connectivity index is 1.38. The number of carbonyl (C=O) groups excluding carboxylic acids is 2. The van der Waals surface area contributed by atoms with E-state index in [0.717, 1.165) is 46.4 Å². The smallest absolute Gasteiger partial charge is 0.266 e. The number of rotatable bonds is 6. The molecular weight excluding hydrogens is 454 g/mol. The molecule has 1 aliphatic rings. The third-order valence-corrected chi connectivity index (χ3v) is 7.83. The maximum atomic E-state index is 13.9. The Kier molecular flexibility index (Phi) is 6.73. The number of hydrogen-bond donors (Lipinski definition) is 0. The summed E-state index contributed by atoms with van der Waals surface area (Å²) >= 11 is 1.46. The van der Waals surface area contributed by atoms with Crippen LogP contribution < -0.4 is 0 Å². The number of amides is 1. The number of carbonyl (C=O) groups is 2. The Hall–Kier alpha value is -3.38. The molecule has 0 spiro atoms. The number of thiazole rings is 1. The van der Waals surface area contributed by atoms with Gasteiger partial charge in [0.1, 0.15) is 4.88 Å². The fourth-order valence-corrected chi connectivity index (χ4v) is 6.06. The van der Waals surface area contributed by atoms with Crippen molar-refractivity contribution in [3.05, 3.63) is 82.3 Å². The first-order valence-corrected chi connectivity index (χ1v) is 13.1. The lowest BCUT2D eigenvalue weighted by Gasteiger charge is -2.40. The third-order valence-electron chi connectivity index (χ3n) is 6.88. The van der Waals surface area contributed by atoms with Gasteiger partial charge in [0.25, 0.3) is 5.91 Å². The lowest BCUT2D eigenvalue weighted by atomic mass is 9.91. The van der Waals surface area contributed by atoms with Crippen molar-refractivity contribution < 1.29 is 9.59 Å². The second-order valence-electron chi connectivity index (χ2n) is 9.27. The molecule has 1 saturated heterocycles. The molecule has 178 valence electrons. The normalized spacial score (nSPS) is 18.1. The Labute approximate surface area is 209 Å². The largest absolute Gasteiger partial charge is 0.332 e. The van der Waals surface area contributed by atoms with Gasteiger partial charge in [0.05, 0.1) is 16.2 Å². The summed E-state index contributed by atoms with van der Waals surface area (Å²) < 4.78 is 0. The predicted octanol–water partition coefficient (Wildman–Crippen LogP) is 6.71. The molecule has 0 bridgehead atoms. The standard InChI is InChI=1S/C29H29N3O2S/c1-19-9-6-14-23(16-17-25(33)24-15-7-12-21-13-8-18-30-26(21)24)32(19)29(34)28-27(31-20(2)35-28)22-10-4-3-5-11-22/h3-5,7-8,10-13,15,18-19,23H,6,9,14,16-17H2,1-2H3. The molecule has 2 aromatic heterocycles. The monoisotopic (exact) mass is 483 g/mol.